The van der Waals surface area contributed by atoms with Crippen LogP contribution in [0.2, 0.25) is 0 Å². The van der Waals surface area contributed by atoms with Gasteiger partial charge in [0, 0.05) is 23.2 Å². The number of piperidine rings is 1. The number of hydrogen-bond acceptors (Lipinski definition) is 3. The third kappa shape index (κ3) is 1.74. The van der Waals surface area contributed by atoms with Crippen molar-refractivity contribution in [3.05, 3.63) is 41.1 Å². The number of benzene rings is 1. The van der Waals surface area contributed by atoms with E-state index in [-0.39, 0.29) is 16.8 Å². The van der Waals surface area contributed by atoms with Crippen LogP contribution < -0.4 is 10.2 Å². The number of carbonyl (C=O) groups is 1. The minimum atomic E-state index is -0.139. The minimum Gasteiger partial charge on any atom is -0.466 e. The van der Waals surface area contributed by atoms with Gasteiger partial charge in [0.2, 0.25) is 0 Å². The lowest BCUT2D eigenvalue weighted by atomic mass is 9.53. The predicted molar refractivity (Wildman–Crippen MR) is 96.5 cm³/mol. The Hall–Kier alpha value is -1.81. The van der Waals surface area contributed by atoms with Gasteiger partial charge < -0.3 is 15.0 Å². The lowest BCUT2D eigenvalue weighted by molar-refractivity contribution is -0.929. The van der Waals surface area contributed by atoms with Gasteiger partial charge in [0.15, 0.2) is 0 Å². The maximum atomic E-state index is 12.7. The molecular weight excluding hydrogens is 312 g/mol. The van der Waals surface area contributed by atoms with Crippen LogP contribution in [0.3, 0.4) is 0 Å². The van der Waals surface area contributed by atoms with Gasteiger partial charge in [-0.05, 0) is 37.3 Å². The quantitative estimate of drug-likeness (QED) is 0.810. The number of carbonyl (C=O) groups excluding carboxylic acids is 1. The van der Waals surface area contributed by atoms with Crippen molar-refractivity contribution in [2.75, 3.05) is 25.5 Å². The molecule has 4 aliphatic rings. The topological polar surface area (TPSA) is 42.8 Å². The maximum Gasteiger partial charge on any atom is 0.335 e. The van der Waals surface area contributed by atoms with Gasteiger partial charge in [-0.1, -0.05) is 25.1 Å². The number of anilines is 1. The monoisotopic (exact) mass is 339 g/mol. The van der Waals surface area contributed by atoms with Crippen molar-refractivity contribution in [3.8, 4) is 0 Å². The normalized spacial score (nSPS) is 37.8. The van der Waals surface area contributed by atoms with Gasteiger partial charge in [0.25, 0.3) is 0 Å². The Morgan fingerprint density at radius 1 is 1.32 bits per heavy atom. The Balaban J connectivity index is 1.81. The summed E-state index contributed by atoms with van der Waals surface area (Å²) < 4.78 is 5.23. The smallest absolute Gasteiger partial charge is 0.335 e. The van der Waals surface area contributed by atoms with Crippen LogP contribution in [0.1, 0.15) is 44.6 Å². The second-order valence-corrected chi connectivity index (χ2v) is 8.32. The third-order valence-corrected chi connectivity index (χ3v) is 7.61. The summed E-state index contributed by atoms with van der Waals surface area (Å²) in [4.78, 5) is 14.5. The zero-order valence-corrected chi connectivity index (χ0v) is 15.2. The van der Waals surface area contributed by atoms with Crippen LogP contribution in [-0.4, -0.2) is 32.2 Å². The molecule has 0 aromatic heterocycles. The number of esters is 1. The molecule has 0 radical (unpaired) electrons. The first-order chi connectivity index (χ1) is 12.2. The van der Waals surface area contributed by atoms with Crippen molar-refractivity contribution < 1.29 is 14.4 Å². The first-order valence-corrected chi connectivity index (χ1v) is 9.69. The number of fused-ring (bicyclic) bond motifs is 1. The van der Waals surface area contributed by atoms with E-state index >= 15 is 0 Å². The van der Waals surface area contributed by atoms with Crippen molar-refractivity contribution >= 4 is 11.7 Å². The Morgan fingerprint density at radius 2 is 2.16 bits per heavy atom. The number of ether oxygens (including phenoxy) is 1. The van der Waals surface area contributed by atoms with Crippen molar-refractivity contribution in [2.24, 2.45) is 5.41 Å². The van der Waals surface area contributed by atoms with Gasteiger partial charge >= 0.3 is 5.97 Å². The SMILES string of the molecule is CCC12CCC[NH+]3CCC4(C(=C(C(=O)OC)C1)Nc1ccccc14)[C@@H]32. The molecule has 2 saturated heterocycles. The van der Waals surface area contributed by atoms with Crippen molar-refractivity contribution in [3.63, 3.8) is 0 Å². The Kier molecular flexibility index (Phi) is 3.15. The highest BCUT2D eigenvalue weighted by Crippen LogP contribution is 2.61. The maximum absolute atomic E-state index is 12.7. The predicted octanol–water partition coefficient (Wildman–Crippen LogP) is 2.03. The van der Waals surface area contributed by atoms with Crippen LogP contribution in [0.4, 0.5) is 5.69 Å². The van der Waals surface area contributed by atoms with E-state index in [0.717, 1.165) is 30.5 Å². The van der Waals surface area contributed by atoms with Gasteiger partial charge in [-0.25, -0.2) is 4.79 Å². The number of hydrogen-bond donors (Lipinski definition) is 2. The summed E-state index contributed by atoms with van der Waals surface area (Å²) in [6.07, 6.45) is 5.64. The second-order valence-electron chi connectivity index (χ2n) is 8.32. The van der Waals surface area contributed by atoms with Crippen molar-refractivity contribution in [1.29, 1.82) is 0 Å². The lowest BCUT2D eigenvalue weighted by Gasteiger charge is -2.53. The minimum absolute atomic E-state index is 0.0237. The fourth-order valence-corrected chi connectivity index (χ4v) is 6.73. The van der Waals surface area contributed by atoms with Crippen molar-refractivity contribution in [1.82, 2.24) is 0 Å². The summed E-state index contributed by atoms with van der Waals surface area (Å²) in [6, 6.07) is 9.27. The summed E-state index contributed by atoms with van der Waals surface area (Å²) in [5.41, 5.74) is 4.86. The molecule has 1 aromatic rings. The van der Waals surface area contributed by atoms with Crippen LogP contribution in [0.15, 0.2) is 35.5 Å². The van der Waals surface area contributed by atoms with E-state index in [9.17, 15) is 4.79 Å². The highest BCUT2D eigenvalue weighted by atomic mass is 16.5. The van der Waals surface area contributed by atoms with Gasteiger partial charge in [-0.15, -0.1) is 0 Å². The third-order valence-electron chi connectivity index (χ3n) is 7.61. The van der Waals surface area contributed by atoms with E-state index in [1.807, 2.05) is 0 Å². The highest BCUT2D eigenvalue weighted by Gasteiger charge is 2.69. The summed E-state index contributed by atoms with van der Waals surface area (Å²) in [5, 5.41) is 3.66. The Morgan fingerprint density at radius 3 is 2.96 bits per heavy atom. The molecule has 0 bridgehead atoms. The van der Waals surface area contributed by atoms with Crippen molar-refractivity contribution in [2.45, 2.75) is 50.5 Å². The molecule has 1 spiro atoms. The number of para-hydroxylation sites is 1. The van der Waals surface area contributed by atoms with E-state index in [1.54, 1.807) is 4.90 Å². The fraction of sp³-hybridized carbons (Fsp3) is 0.571. The molecule has 0 amide bonds. The summed E-state index contributed by atoms with van der Waals surface area (Å²) in [7, 11) is 1.52. The lowest BCUT2D eigenvalue weighted by Crippen LogP contribution is -3.17. The summed E-state index contributed by atoms with van der Waals surface area (Å²) in [6.45, 7) is 4.81. The van der Waals surface area contributed by atoms with Gasteiger partial charge in [0.1, 0.15) is 6.04 Å². The van der Waals surface area contributed by atoms with Gasteiger partial charge in [-0.3, -0.25) is 0 Å². The molecule has 3 heterocycles. The largest absolute Gasteiger partial charge is 0.466 e. The Labute approximate surface area is 149 Å². The molecule has 0 saturated carbocycles. The van der Waals surface area contributed by atoms with E-state index in [0.29, 0.717) is 6.04 Å². The number of rotatable bonds is 2. The zero-order chi connectivity index (χ0) is 17.2. The summed E-state index contributed by atoms with van der Waals surface area (Å²) in [5.74, 6) is -0.139. The van der Waals surface area contributed by atoms with Gasteiger partial charge in [0.05, 0.1) is 31.2 Å². The molecule has 4 atom stereocenters. The fourth-order valence-electron chi connectivity index (χ4n) is 6.73. The number of methoxy groups -OCH3 is 1. The molecule has 1 aliphatic carbocycles. The average molecular weight is 339 g/mol. The molecular formula is C21H27N2O2+. The second kappa shape index (κ2) is 5.10. The molecule has 132 valence electrons. The number of nitrogens with one attached hydrogen (secondary N) is 2. The van der Waals surface area contributed by atoms with Crippen LogP contribution >= 0.6 is 0 Å². The van der Waals surface area contributed by atoms with E-state index in [2.05, 4.69) is 36.5 Å². The van der Waals surface area contributed by atoms with Crippen LogP contribution in [0.25, 0.3) is 0 Å². The zero-order valence-electron chi connectivity index (χ0n) is 15.2. The molecule has 4 heteroatoms. The highest BCUT2D eigenvalue weighted by molar-refractivity contribution is 5.93. The molecule has 1 aromatic carbocycles. The molecule has 4 nitrogen and oxygen atoms in total. The summed E-state index contributed by atoms with van der Waals surface area (Å²) >= 11 is 0. The van der Waals surface area contributed by atoms with E-state index < -0.39 is 0 Å². The molecule has 2 N–H and O–H groups in total. The van der Waals surface area contributed by atoms with E-state index in [4.69, 9.17) is 4.74 Å². The van der Waals surface area contributed by atoms with E-state index in [1.165, 1.54) is 44.3 Å². The first-order valence-electron chi connectivity index (χ1n) is 9.69. The molecule has 3 unspecified atom stereocenters. The molecule has 2 fully saturated rings. The average Bonchev–Trinajstić information content (AvgIpc) is 3.21. The molecule has 5 rings (SSSR count). The number of quaternary nitrogens is 1. The standard InChI is InChI=1S/C21H26N2O2/c1-3-20-9-6-11-23-12-10-21(19(20)23)15-7-4-5-8-16(15)22-17(21)14(13-20)18(24)25-2/h4-5,7-8,19,22H,3,6,9-13H2,1-2H3/p+1/t19-,20?,21?/m0/s1. The van der Waals surface area contributed by atoms with Crippen LogP contribution in [-0.2, 0) is 14.9 Å². The van der Waals surface area contributed by atoms with Crippen LogP contribution in [0, 0.1) is 5.41 Å². The molecule has 3 aliphatic heterocycles. The molecule has 25 heavy (non-hydrogen) atoms. The van der Waals surface area contributed by atoms with Gasteiger partial charge in [-0.2, -0.15) is 0 Å². The van der Waals surface area contributed by atoms with Crippen LogP contribution in [0.5, 0.6) is 0 Å². The first kappa shape index (κ1) is 15.4. The Bertz CT molecular complexity index is 786.